The molecule has 7 nitrogen and oxygen atoms in total. The summed E-state index contributed by atoms with van der Waals surface area (Å²) >= 11 is 0. The summed E-state index contributed by atoms with van der Waals surface area (Å²) < 4.78 is 54.1. The van der Waals surface area contributed by atoms with Gasteiger partial charge in [0, 0.05) is 45.2 Å². The third-order valence-electron chi connectivity index (χ3n) is 6.08. The Morgan fingerprint density at radius 3 is 2.24 bits per heavy atom. The lowest BCUT2D eigenvalue weighted by Crippen LogP contribution is -2.54. The lowest BCUT2D eigenvalue weighted by Gasteiger charge is -2.40. The maximum Gasteiger partial charge on any atom is 0.250 e. The molecule has 176 valence electrons. The van der Waals surface area contributed by atoms with Crippen molar-refractivity contribution in [1.29, 1.82) is 0 Å². The Bertz CT molecular complexity index is 1140. The molecule has 4 rings (SSSR count). The van der Waals surface area contributed by atoms with Crippen LogP contribution in [0.4, 0.5) is 8.78 Å². The number of carbonyl (C=O) groups excluding carboxylic acids is 2. The number of amides is 2. The van der Waals surface area contributed by atoms with Crippen molar-refractivity contribution < 1.29 is 26.8 Å². The molecule has 0 bridgehead atoms. The fraction of sp³-hybridized carbons (Fsp3) is 0.391. The average Bonchev–Trinajstić information content (AvgIpc) is 2.81. The highest BCUT2D eigenvalue weighted by Gasteiger charge is 2.38. The Balaban J connectivity index is 1.52. The fourth-order valence-electron chi connectivity index (χ4n) is 4.34. The Morgan fingerprint density at radius 1 is 0.909 bits per heavy atom. The molecule has 2 amide bonds. The minimum atomic E-state index is -4.17. The molecule has 0 radical (unpaired) electrons. The van der Waals surface area contributed by atoms with Crippen molar-refractivity contribution in [2.24, 2.45) is 0 Å². The summed E-state index contributed by atoms with van der Waals surface area (Å²) in [6.07, 6.45) is 2.00. The van der Waals surface area contributed by atoms with Gasteiger partial charge in [-0.15, -0.1) is 0 Å². The van der Waals surface area contributed by atoms with E-state index in [-0.39, 0.29) is 38.0 Å². The molecule has 2 aliphatic rings. The third kappa shape index (κ3) is 4.77. The van der Waals surface area contributed by atoms with Crippen LogP contribution in [0, 0.1) is 11.6 Å². The number of sulfonamides is 1. The number of carbonyl (C=O) groups is 2. The Kier molecular flexibility index (Phi) is 6.76. The Labute approximate surface area is 191 Å². The predicted molar refractivity (Wildman–Crippen MR) is 116 cm³/mol. The second kappa shape index (κ2) is 9.56. The molecule has 2 fully saturated rings. The van der Waals surface area contributed by atoms with E-state index in [4.69, 9.17) is 0 Å². The van der Waals surface area contributed by atoms with Crippen LogP contribution in [-0.4, -0.2) is 67.1 Å². The van der Waals surface area contributed by atoms with Gasteiger partial charge in [-0.2, -0.15) is 4.31 Å². The van der Waals surface area contributed by atoms with E-state index in [1.54, 1.807) is 9.80 Å². The Hall–Kier alpha value is -2.85. The predicted octanol–water partition coefficient (Wildman–Crippen LogP) is 2.55. The molecule has 0 N–H and O–H groups in total. The zero-order chi connectivity index (χ0) is 23.6. The first-order valence-corrected chi connectivity index (χ1v) is 12.3. The lowest BCUT2D eigenvalue weighted by atomic mass is 9.99. The maximum absolute atomic E-state index is 14.1. The quantitative estimate of drug-likeness (QED) is 0.663. The summed E-state index contributed by atoms with van der Waals surface area (Å²) in [4.78, 5) is 28.7. The molecule has 2 aliphatic heterocycles. The van der Waals surface area contributed by atoms with Crippen LogP contribution in [0.25, 0.3) is 0 Å². The van der Waals surface area contributed by atoms with E-state index in [1.807, 2.05) is 30.3 Å². The van der Waals surface area contributed by atoms with E-state index in [0.29, 0.717) is 24.6 Å². The third-order valence-corrected chi connectivity index (χ3v) is 8.01. The van der Waals surface area contributed by atoms with Gasteiger partial charge in [-0.3, -0.25) is 9.59 Å². The molecule has 0 aliphatic carbocycles. The number of nitrogens with zero attached hydrogens (tertiary/aromatic N) is 3. The van der Waals surface area contributed by atoms with Gasteiger partial charge in [-0.05, 0) is 30.5 Å². The van der Waals surface area contributed by atoms with Crippen molar-refractivity contribution >= 4 is 21.8 Å². The van der Waals surface area contributed by atoms with E-state index in [9.17, 15) is 26.8 Å². The molecule has 2 saturated heterocycles. The van der Waals surface area contributed by atoms with Gasteiger partial charge >= 0.3 is 0 Å². The Morgan fingerprint density at radius 2 is 1.61 bits per heavy atom. The van der Waals surface area contributed by atoms with Crippen molar-refractivity contribution in [2.45, 2.75) is 30.2 Å². The number of likely N-dealkylation sites (tertiary alicyclic amines) is 1. The molecular formula is C23H25F2N3O4S. The number of hydrogen-bond acceptors (Lipinski definition) is 4. The van der Waals surface area contributed by atoms with Crippen LogP contribution >= 0.6 is 0 Å². The normalized spacial score (nSPS) is 18.9. The first-order valence-electron chi connectivity index (χ1n) is 10.9. The highest BCUT2D eigenvalue weighted by Crippen LogP contribution is 2.29. The summed E-state index contributed by atoms with van der Waals surface area (Å²) in [5, 5.41) is 0. The van der Waals surface area contributed by atoms with Crippen LogP contribution in [0.15, 0.2) is 53.4 Å². The van der Waals surface area contributed by atoms with Gasteiger partial charge in [-0.1, -0.05) is 30.3 Å². The fourth-order valence-corrected chi connectivity index (χ4v) is 5.80. The van der Waals surface area contributed by atoms with E-state index in [2.05, 4.69) is 0 Å². The van der Waals surface area contributed by atoms with Gasteiger partial charge in [0.05, 0.1) is 0 Å². The number of piperazine rings is 1. The monoisotopic (exact) mass is 477 g/mol. The molecule has 0 aromatic heterocycles. The standard InChI is InChI=1S/C23H25F2N3O4S/c24-18-9-10-20(19(25)16-18)33(31,32)27-14-12-26(13-15-27)23(30)22(17-6-2-1-3-7-17)28-11-5-4-8-21(28)29/h1-3,6-7,9-10,16,22H,4-5,8,11-15H2. The zero-order valence-electron chi connectivity index (χ0n) is 18.0. The molecule has 10 heteroatoms. The number of piperidine rings is 1. The zero-order valence-corrected chi connectivity index (χ0v) is 18.8. The second-order valence-electron chi connectivity index (χ2n) is 8.16. The smallest absolute Gasteiger partial charge is 0.250 e. The van der Waals surface area contributed by atoms with Crippen LogP contribution in [0.3, 0.4) is 0 Å². The van der Waals surface area contributed by atoms with Crippen LogP contribution in [0.2, 0.25) is 0 Å². The summed E-state index contributed by atoms with van der Waals surface area (Å²) in [7, 11) is -4.17. The summed E-state index contributed by atoms with van der Waals surface area (Å²) in [6, 6.07) is 10.6. The summed E-state index contributed by atoms with van der Waals surface area (Å²) in [5.74, 6) is -2.35. The molecule has 0 saturated carbocycles. The van der Waals surface area contributed by atoms with E-state index >= 15 is 0 Å². The number of rotatable bonds is 5. The van der Waals surface area contributed by atoms with Crippen LogP contribution < -0.4 is 0 Å². The molecular weight excluding hydrogens is 452 g/mol. The topological polar surface area (TPSA) is 78.0 Å². The average molecular weight is 478 g/mol. The second-order valence-corrected chi connectivity index (χ2v) is 10.1. The van der Waals surface area contributed by atoms with Crippen molar-refractivity contribution in [1.82, 2.24) is 14.1 Å². The molecule has 0 spiro atoms. The minimum Gasteiger partial charge on any atom is -0.338 e. The van der Waals surface area contributed by atoms with E-state index in [0.717, 1.165) is 29.3 Å². The van der Waals surface area contributed by atoms with Crippen molar-refractivity contribution in [3.8, 4) is 0 Å². The van der Waals surface area contributed by atoms with Gasteiger partial charge in [0.1, 0.15) is 22.6 Å². The largest absolute Gasteiger partial charge is 0.338 e. The van der Waals surface area contributed by atoms with Gasteiger partial charge < -0.3 is 9.80 Å². The highest BCUT2D eigenvalue weighted by molar-refractivity contribution is 7.89. The first kappa shape index (κ1) is 23.3. The molecule has 2 heterocycles. The minimum absolute atomic E-state index is 0.0274. The van der Waals surface area contributed by atoms with Gasteiger partial charge in [0.2, 0.25) is 21.8 Å². The summed E-state index contributed by atoms with van der Waals surface area (Å²) in [5.41, 5.74) is 0.709. The summed E-state index contributed by atoms with van der Waals surface area (Å²) in [6.45, 7) is 0.640. The number of benzene rings is 2. The van der Waals surface area contributed by atoms with Crippen LogP contribution in [-0.2, 0) is 19.6 Å². The lowest BCUT2D eigenvalue weighted by molar-refractivity contribution is -0.148. The van der Waals surface area contributed by atoms with Crippen molar-refractivity contribution in [2.75, 3.05) is 32.7 Å². The van der Waals surface area contributed by atoms with Crippen molar-refractivity contribution in [3.05, 3.63) is 65.7 Å². The number of hydrogen-bond donors (Lipinski definition) is 0. The molecule has 2 aromatic rings. The SMILES string of the molecule is O=C(C(c1ccccc1)N1CCCCC1=O)N1CCN(S(=O)(=O)c2ccc(F)cc2F)CC1. The molecule has 1 unspecified atom stereocenters. The van der Waals surface area contributed by atoms with Gasteiger partial charge in [0.25, 0.3) is 0 Å². The molecule has 2 aromatic carbocycles. The van der Waals surface area contributed by atoms with Crippen LogP contribution in [0.1, 0.15) is 30.9 Å². The van der Waals surface area contributed by atoms with Crippen LogP contribution in [0.5, 0.6) is 0 Å². The van der Waals surface area contributed by atoms with E-state index < -0.39 is 32.6 Å². The van der Waals surface area contributed by atoms with Crippen molar-refractivity contribution in [3.63, 3.8) is 0 Å². The highest BCUT2D eigenvalue weighted by atomic mass is 32.2. The molecule has 33 heavy (non-hydrogen) atoms. The van der Waals surface area contributed by atoms with E-state index in [1.165, 1.54) is 0 Å². The number of halogens is 2. The first-order chi connectivity index (χ1) is 15.8. The van der Waals surface area contributed by atoms with Gasteiger partial charge in [-0.25, -0.2) is 17.2 Å². The van der Waals surface area contributed by atoms with Gasteiger partial charge in [0.15, 0.2) is 0 Å². The molecule has 1 atom stereocenters. The maximum atomic E-state index is 14.1.